The molecule has 0 atom stereocenters. The van der Waals surface area contributed by atoms with Crippen molar-refractivity contribution in [2.75, 3.05) is 0 Å². The number of benzene rings is 4. The molecule has 9 rings (SSSR count). The number of aromatic nitrogens is 2. The Labute approximate surface area is 294 Å². The molecule has 0 spiro atoms. The summed E-state index contributed by atoms with van der Waals surface area (Å²) in [7, 11) is 0. The molecule has 0 unspecified atom stereocenters. The zero-order valence-corrected chi connectivity index (χ0v) is 28.4. The first kappa shape index (κ1) is 30.2. The lowest BCUT2D eigenvalue weighted by Crippen LogP contribution is -2.06. The highest BCUT2D eigenvalue weighted by Crippen LogP contribution is 2.42. The van der Waals surface area contributed by atoms with E-state index in [1.165, 1.54) is 72.3 Å². The molecule has 242 valence electrons. The second-order valence-electron chi connectivity index (χ2n) is 13.5. The Morgan fingerprint density at radius 3 is 2.08 bits per heavy atom. The smallest absolute Gasteiger partial charge is 0.0541 e. The van der Waals surface area contributed by atoms with Crippen LogP contribution >= 0.6 is 0 Å². The van der Waals surface area contributed by atoms with E-state index in [0.717, 1.165) is 55.3 Å². The maximum atomic E-state index is 4.27. The van der Waals surface area contributed by atoms with Gasteiger partial charge in [-0.1, -0.05) is 116 Å². The van der Waals surface area contributed by atoms with Crippen molar-refractivity contribution in [1.82, 2.24) is 9.13 Å². The van der Waals surface area contributed by atoms with Crippen LogP contribution in [0.15, 0.2) is 147 Å². The van der Waals surface area contributed by atoms with Crippen LogP contribution in [0.1, 0.15) is 59.3 Å². The second kappa shape index (κ2) is 12.5. The predicted octanol–water partition coefficient (Wildman–Crippen LogP) is 12.6. The van der Waals surface area contributed by atoms with Gasteiger partial charge in [0, 0.05) is 33.5 Å². The summed E-state index contributed by atoms with van der Waals surface area (Å²) in [6, 6.07) is 31.5. The van der Waals surface area contributed by atoms with Crippen molar-refractivity contribution in [3.63, 3.8) is 0 Å². The van der Waals surface area contributed by atoms with Gasteiger partial charge in [0.15, 0.2) is 0 Å². The molecule has 4 aromatic carbocycles. The largest absolute Gasteiger partial charge is 0.313 e. The van der Waals surface area contributed by atoms with E-state index in [2.05, 4.69) is 156 Å². The third-order valence-electron chi connectivity index (χ3n) is 10.7. The molecule has 2 nitrogen and oxygen atoms in total. The van der Waals surface area contributed by atoms with Crippen LogP contribution in [-0.2, 0) is 12.8 Å². The third kappa shape index (κ3) is 4.86. The zero-order chi connectivity index (χ0) is 33.6. The van der Waals surface area contributed by atoms with Gasteiger partial charge in [-0.15, -0.1) is 0 Å². The van der Waals surface area contributed by atoms with Gasteiger partial charge in [-0.05, 0) is 126 Å². The van der Waals surface area contributed by atoms with Crippen molar-refractivity contribution in [2.24, 2.45) is 0 Å². The van der Waals surface area contributed by atoms with Crippen molar-refractivity contribution >= 4 is 45.1 Å². The van der Waals surface area contributed by atoms with Crippen LogP contribution in [0.4, 0.5) is 0 Å². The molecule has 6 aromatic rings. The Morgan fingerprint density at radius 2 is 1.34 bits per heavy atom. The molecule has 2 heteroatoms. The molecule has 2 aromatic heterocycles. The van der Waals surface area contributed by atoms with Crippen molar-refractivity contribution in [2.45, 2.75) is 38.5 Å². The maximum Gasteiger partial charge on any atom is 0.0541 e. The summed E-state index contributed by atoms with van der Waals surface area (Å²) in [5, 5.41) is 2.52. The molecule has 2 heterocycles. The fraction of sp³-hybridized carbons (Fsp3) is 0.125. The van der Waals surface area contributed by atoms with E-state index in [0.29, 0.717) is 0 Å². The quantitative estimate of drug-likeness (QED) is 0.153. The summed E-state index contributed by atoms with van der Waals surface area (Å²) in [4.78, 5) is 0. The molecule has 0 fully saturated rings. The summed E-state index contributed by atoms with van der Waals surface area (Å²) >= 11 is 0. The molecule has 0 bridgehead atoms. The Bertz CT molecular complexity index is 2460. The molecular weight excluding hydrogens is 605 g/mol. The number of allylic oxidation sites excluding steroid dienone is 10. The number of rotatable bonds is 7. The first-order chi connectivity index (χ1) is 24.7. The zero-order valence-electron chi connectivity index (χ0n) is 28.4. The monoisotopic (exact) mass is 644 g/mol. The summed E-state index contributed by atoms with van der Waals surface area (Å²) in [6.45, 7) is 8.34. The molecule has 0 radical (unpaired) electrons. The highest BCUT2D eigenvalue weighted by atomic mass is 15.0. The number of hydrogen-bond donors (Lipinski definition) is 0. The first-order valence-corrected chi connectivity index (χ1v) is 17.9. The molecule has 3 aliphatic carbocycles. The summed E-state index contributed by atoms with van der Waals surface area (Å²) in [5.74, 6) is 0. The van der Waals surface area contributed by atoms with E-state index in [9.17, 15) is 0 Å². The Hall–Kier alpha value is -5.86. The second-order valence-corrected chi connectivity index (χ2v) is 13.5. The Morgan fingerprint density at radius 1 is 0.640 bits per heavy atom. The Kier molecular flexibility index (Phi) is 7.58. The van der Waals surface area contributed by atoms with Crippen LogP contribution < -0.4 is 0 Å². The van der Waals surface area contributed by atoms with Crippen molar-refractivity contribution in [1.29, 1.82) is 0 Å². The lowest BCUT2D eigenvalue weighted by atomic mass is 9.86. The minimum Gasteiger partial charge on any atom is -0.313 e. The van der Waals surface area contributed by atoms with E-state index >= 15 is 0 Å². The van der Waals surface area contributed by atoms with Gasteiger partial charge in [0.1, 0.15) is 0 Å². The minimum absolute atomic E-state index is 1.02. The van der Waals surface area contributed by atoms with Crippen molar-refractivity contribution < 1.29 is 0 Å². The highest BCUT2D eigenvalue weighted by Gasteiger charge is 2.25. The Balaban J connectivity index is 1.28. The van der Waals surface area contributed by atoms with Crippen LogP contribution in [0.25, 0.3) is 67.6 Å². The number of nitrogens with zero attached hydrogens (tertiary/aromatic N) is 2. The van der Waals surface area contributed by atoms with Gasteiger partial charge in [0.25, 0.3) is 0 Å². The highest BCUT2D eigenvalue weighted by molar-refractivity contribution is 6.09. The average Bonchev–Trinajstić information content (AvgIpc) is 3.70. The van der Waals surface area contributed by atoms with Gasteiger partial charge in [-0.25, -0.2) is 0 Å². The average molecular weight is 645 g/mol. The number of para-hydroxylation sites is 2. The van der Waals surface area contributed by atoms with Gasteiger partial charge in [0.2, 0.25) is 0 Å². The standard InChI is InChI=1S/C48H40N2/c1-3-16-33(4-2)43-31-35(49-45-23-12-8-19-39(45)40-20-9-13-24-46(40)49)27-29-37(43)38-30-28-36(32-44(38)34-17-6-5-7-18-34)50-47-25-14-10-21-41(47)42-22-11-15-26-48(42)50/h3-6,8-10,12-13,15-17,19-21,23-24,26-32H,1-2,7,11,14,18,22,25H2/b33-16+. The molecule has 0 saturated heterocycles. The molecule has 50 heavy (non-hydrogen) atoms. The fourth-order valence-electron chi connectivity index (χ4n) is 8.47. The summed E-state index contributed by atoms with van der Waals surface area (Å²) in [6.07, 6.45) is 28.6. The molecule has 0 N–H and O–H groups in total. The van der Waals surface area contributed by atoms with E-state index in [-0.39, 0.29) is 0 Å². The van der Waals surface area contributed by atoms with Gasteiger partial charge >= 0.3 is 0 Å². The van der Waals surface area contributed by atoms with E-state index < -0.39 is 0 Å². The topological polar surface area (TPSA) is 9.86 Å². The molecular formula is C48H40N2. The predicted molar refractivity (Wildman–Crippen MR) is 215 cm³/mol. The van der Waals surface area contributed by atoms with E-state index in [4.69, 9.17) is 0 Å². The van der Waals surface area contributed by atoms with Crippen LogP contribution in [0.3, 0.4) is 0 Å². The lowest BCUT2D eigenvalue weighted by Gasteiger charge is -2.22. The fourth-order valence-corrected chi connectivity index (χ4v) is 8.47. The van der Waals surface area contributed by atoms with Gasteiger partial charge in [-0.3, -0.25) is 0 Å². The van der Waals surface area contributed by atoms with Crippen LogP contribution in [0.2, 0.25) is 0 Å². The SMILES string of the molecule is C=C/C=C(\C=C)c1cc(-n2c3ccccc3c3ccccc32)ccc1-c1ccc(-n2c3c(c4c2CCC=C4)CCC=C3)cc1C1=CC=CCC1. The number of fused-ring (bicyclic) bond motifs is 6. The summed E-state index contributed by atoms with van der Waals surface area (Å²) in [5.41, 5.74) is 17.8. The molecule has 0 saturated carbocycles. The molecule has 0 amide bonds. The minimum atomic E-state index is 1.02. The van der Waals surface area contributed by atoms with Gasteiger partial charge < -0.3 is 9.13 Å². The molecule has 3 aliphatic rings. The maximum absolute atomic E-state index is 4.27. The third-order valence-corrected chi connectivity index (χ3v) is 10.7. The van der Waals surface area contributed by atoms with Gasteiger partial charge in [0.05, 0.1) is 11.0 Å². The van der Waals surface area contributed by atoms with Gasteiger partial charge in [-0.2, -0.15) is 0 Å². The molecule has 0 aliphatic heterocycles. The lowest BCUT2D eigenvalue weighted by molar-refractivity contribution is 0.867. The van der Waals surface area contributed by atoms with Crippen LogP contribution in [-0.4, -0.2) is 9.13 Å². The number of hydrogen-bond acceptors (Lipinski definition) is 0. The van der Waals surface area contributed by atoms with E-state index in [1.54, 1.807) is 0 Å². The van der Waals surface area contributed by atoms with Crippen LogP contribution in [0, 0.1) is 0 Å². The first-order valence-electron chi connectivity index (χ1n) is 17.9. The van der Waals surface area contributed by atoms with Crippen molar-refractivity contribution in [3.8, 4) is 22.5 Å². The van der Waals surface area contributed by atoms with Crippen molar-refractivity contribution in [3.05, 3.63) is 180 Å². The van der Waals surface area contributed by atoms with E-state index in [1.807, 2.05) is 12.2 Å². The summed E-state index contributed by atoms with van der Waals surface area (Å²) < 4.78 is 4.95. The normalized spacial score (nSPS) is 15.3. The van der Waals surface area contributed by atoms with Crippen LogP contribution in [0.5, 0.6) is 0 Å².